The molecule has 0 spiro atoms. The molecule has 88 valence electrons. The number of benzene rings is 2. The Bertz CT molecular complexity index is 591. The second kappa shape index (κ2) is 4.41. The molecule has 0 amide bonds. The number of nitrogens with one attached hydrogen (secondary N) is 1. The number of phenolic OH excluding ortho intramolecular Hbond substituents is 1. The summed E-state index contributed by atoms with van der Waals surface area (Å²) >= 11 is 0. The van der Waals surface area contributed by atoms with Gasteiger partial charge in [-0.3, -0.25) is 0 Å². The van der Waals surface area contributed by atoms with Crippen molar-refractivity contribution in [3.05, 3.63) is 29.8 Å². The van der Waals surface area contributed by atoms with E-state index < -0.39 is 0 Å². The van der Waals surface area contributed by atoms with Gasteiger partial charge in [-0.2, -0.15) is 10.2 Å². The second-order valence-corrected chi connectivity index (χ2v) is 3.84. The molecule has 2 aromatic rings. The average Bonchev–Trinajstić information content (AvgIpc) is 2.33. The van der Waals surface area contributed by atoms with Crippen LogP contribution >= 0.6 is 0 Å². The lowest BCUT2D eigenvalue weighted by atomic mass is 10.0. The number of rotatable bonds is 2. The van der Waals surface area contributed by atoms with Crippen molar-refractivity contribution >= 4 is 22.1 Å². The molecule has 2 N–H and O–H groups in total. The van der Waals surface area contributed by atoms with Crippen LogP contribution in [0.4, 0.5) is 11.4 Å². The van der Waals surface area contributed by atoms with Gasteiger partial charge in [-0.1, -0.05) is 12.1 Å². The van der Waals surface area contributed by atoms with Crippen molar-refractivity contribution in [2.24, 2.45) is 10.2 Å². The number of fused-ring (bicyclic) bond motifs is 1. The van der Waals surface area contributed by atoms with Crippen LogP contribution in [0, 0.1) is 6.92 Å². The van der Waals surface area contributed by atoms with E-state index in [1.54, 1.807) is 7.05 Å². The number of aryl methyl sites for hydroxylation is 1. The predicted molar refractivity (Wildman–Crippen MR) is 70.3 cm³/mol. The van der Waals surface area contributed by atoms with Gasteiger partial charge in [0.25, 0.3) is 0 Å². The molecule has 0 heterocycles. The topological polar surface area (TPSA) is 57.0 Å². The summed E-state index contributed by atoms with van der Waals surface area (Å²) in [5.74, 6) is 0.176. The Hall–Kier alpha value is -2.10. The van der Waals surface area contributed by atoms with E-state index in [2.05, 4.69) is 15.5 Å². The number of anilines is 1. The third-order valence-electron chi connectivity index (χ3n) is 2.77. The maximum absolute atomic E-state index is 10.3. The highest BCUT2D eigenvalue weighted by molar-refractivity contribution is 6.02. The molecule has 2 rings (SSSR count). The normalized spacial score (nSPS) is 11.2. The molecule has 0 saturated heterocycles. The first-order valence-electron chi connectivity index (χ1n) is 5.42. The standard InChI is InChI=1S/C13H15N3O/c1-8-7-9-5-4-6-10(14-2)11(9)13(17)12(8)16-15-3/h4-7,14,17H,1-3H3. The first kappa shape index (κ1) is 11.4. The summed E-state index contributed by atoms with van der Waals surface area (Å²) in [5.41, 5.74) is 2.32. The van der Waals surface area contributed by atoms with Crippen LogP contribution in [0.5, 0.6) is 5.75 Å². The van der Waals surface area contributed by atoms with Crippen molar-refractivity contribution in [3.63, 3.8) is 0 Å². The molecule has 0 bridgehead atoms. The number of phenols is 1. The minimum atomic E-state index is 0.176. The van der Waals surface area contributed by atoms with Crippen LogP contribution in [-0.4, -0.2) is 19.2 Å². The Balaban J connectivity index is 2.88. The van der Waals surface area contributed by atoms with E-state index in [9.17, 15) is 5.11 Å². The van der Waals surface area contributed by atoms with Gasteiger partial charge in [0.1, 0.15) is 5.69 Å². The summed E-state index contributed by atoms with van der Waals surface area (Å²) in [6, 6.07) is 7.84. The van der Waals surface area contributed by atoms with Crippen LogP contribution < -0.4 is 5.32 Å². The van der Waals surface area contributed by atoms with Crippen LogP contribution in [0.25, 0.3) is 10.8 Å². The number of hydrogen-bond acceptors (Lipinski definition) is 4. The zero-order chi connectivity index (χ0) is 12.4. The number of aromatic hydroxyl groups is 1. The van der Waals surface area contributed by atoms with E-state index in [1.807, 2.05) is 38.2 Å². The van der Waals surface area contributed by atoms with Gasteiger partial charge in [-0.25, -0.2) is 0 Å². The highest BCUT2D eigenvalue weighted by Gasteiger charge is 2.12. The summed E-state index contributed by atoms with van der Waals surface area (Å²) in [6.07, 6.45) is 0. The van der Waals surface area contributed by atoms with Gasteiger partial charge in [-0.05, 0) is 30.0 Å². The summed E-state index contributed by atoms with van der Waals surface area (Å²) in [4.78, 5) is 0. The summed E-state index contributed by atoms with van der Waals surface area (Å²) in [6.45, 7) is 1.91. The van der Waals surface area contributed by atoms with Gasteiger partial charge in [0.2, 0.25) is 0 Å². The van der Waals surface area contributed by atoms with Crippen molar-refractivity contribution in [2.45, 2.75) is 6.92 Å². The lowest BCUT2D eigenvalue weighted by molar-refractivity contribution is 0.482. The Morgan fingerprint density at radius 3 is 2.71 bits per heavy atom. The first-order chi connectivity index (χ1) is 8.19. The van der Waals surface area contributed by atoms with E-state index in [1.165, 1.54) is 0 Å². The third-order valence-corrected chi connectivity index (χ3v) is 2.77. The second-order valence-electron chi connectivity index (χ2n) is 3.84. The molecule has 0 aromatic heterocycles. The van der Waals surface area contributed by atoms with E-state index in [0.29, 0.717) is 5.69 Å². The molecule has 0 aliphatic rings. The Labute approximate surface area is 100.0 Å². The maximum atomic E-state index is 10.3. The van der Waals surface area contributed by atoms with Gasteiger partial charge in [0, 0.05) is 25.2 Å². The Morgan fingerprint density at radius 2 is 2.06 bits per heavy atom. The van der Waals surface area contributed by atoms with Crippen LogP contribution in [0.15, 0.2) is 34.5 Å². The fraction of sp³-hybridized carbons (Fsp3) is 0.231. The minimum absolute atomic E-state index is 0.176. The van der Waals surface area contributed by atoms with Crippen LogP contribution in [0.1, 0.15) is 5.56 Å². The fourth-order valence-electron chi connectivity index (χ4n) is 2.00. The van der Waals surface area contributed by atoms with Crippen molar-refractivity contribution < 1.29 is 5.11 Å². The monoisotopic (exact) mass is 229 g/mol. The molecule has 0 atom stereocenters. The minimum Gasteiger partial charge on any atom is -0.505 e. The average molecular weight is 229 g/mol. The first-order valence-corrected chi connectivity index (χ1v) is 5.42. The molecule has 4 nitrogen and oxygen atoms in total. The molecule has 4 heteroatoms. The summed E-state index contributed by atoms with van der Waals surface area (Å²) in [7, 11) is 3.42. The van der Waals surface area contributed by atoms with Crippen molar-refractivity contribution in [2.75, 3.05) is 19.4 Å². The number of nitrogens with zero attached hydrogens (tertiary/aromatic N) is 2. The lowest BCUT2D eigenvalue weighted by Gasteiger charge is -2.11. The summed E-state index contributed by atoms with van der Waals surface area (Å²) in [5, 5.41) is 22.8. The third kappa shape index (κ3) is 1.82. The quantitative estimate of drug-likeness (QED) is 0.773. The van der Waals surface area contributed by atoms with Gasteiger partial charge in [-0.15, -0.1) is 0 Å². The Morgan fingerprint density at radius 1 is 1.29 bits per heavy atom. The molecule has 0 fully saturated rings. The van der Waals surface area contributed by atoms with Gasteiger partial charge >= 0.3 is 0 Å². The predicted octanol–water partition coefficient (Wildman–Crippen LogP) is 3.61. The van der Waals surface area contributed by atoms with Crippen molar-refractivity contribution in [1.29, 1.82) is 0 Å². The molecule has 0 aliphatic carbocycles. The van der Waals surface area contributed by atoms with Gasteiger partial charge in [0.05, 0.1) is 0 Å². The smallest absolute Gasteiger partial charge is 0.153 e. The molecule has 2 aromatic carbocycles. The SMILES string of the molecule is CN=Nc1c(C)cc2cccc(NC)c2c1O. The van der Waals surface area contributed by atoms with E-state index in [4.69, 9.17) is 0 Å². The highest BCUT2D eigenvalue weighted by Crippen LogP contribution is 2.41. The van der Waals surface area contributed by atoms with E-state index in [-0.39, 0.29) is 5.75 Å². The van der Waals surface area contributed by atoms with Crippen LogP contribution in [0.3, 0.4) is 0 Å². The van der Waals surface area contributed by atoms with Crippen LogP contribution in [-0.2, 0) is 0 Å². The highest BCUT2D eigenvalue weighted by atomic mass is 16.3. The molecular formula is C13H15N3O. The number of azo groups is 1. The van der Waals surface area contributed by atoms with E-state index in [0.717, 1.165) is 22.0 Å². The van der Waals surface area contributed by atoms with Crippen molar-refractivity contribution in [1.82, 2.24) is 0 Å². The Kier molecular flexibility index (Phi) is 2.95. The largest absolute Gasteiger partial charge is 0.505 e. The number of hydrogen-bond donors (Lipinski definition) is 2. The molecule has 0 aliphatic heterocycles. The van der Waals surface area contributed by atoms with Gasteiger partial charge < -0.3 is 10.4 Å². The molecule has 17 heavy (non-hydrogen) atoms. The fourth-order valence-corrected chi connectivity index (χ4v) is 2.00. The maximum Gasteiger partial charge on any atom is 0.153 e. The molecule has 0 saturated carbocycles. The molecular weight excluding hydrogens is 214 g/mol. The molecule has 0 radical (unpaired) electrons. The lowest BCUT2D eigenvalue weighted by Crippen LogP contribution is -1.90. The van der Waals surface area contributed by atoms with E-state index >= 15 is 0 Å². The van der Waals surface area contributed by atoms with Crippen LogP contribution in [0.2, 0.25) is 0 Å². The zero-order valence-corrected chi connectivity index (χ0v) is 10.2. The molecule has 0 unspecified atom stereocenters. The zero-order valence-electron chi connectivity index (χ0n) is 10.2. The summed E-state index contributed by atoms with van der Waals surface area (Å²) < 4.78 is 0. The van der Waals surface area contributed by atoms with Crippen molar-refractivity contribution in [3.8, 4) is 5.75 Å². The van der Waals surface area contributed by atoms with Gasteiger partial charge in [0.15, 0.2) is 5.75 Å².